The maximum atomic E-state index is 12.1. The Bertz CT molecular complexity index is 708. The highest BCUT2D eigenvalue weighted by Gasteiger charge is 2.09. The molecular weight excluding hydrogens is 290 g/mol. The van der Waals surface area contributed by atoms with Crippen molar-refractivity contribution in [3.8, 4) is 6.07 Å². The Balaban J connectivity index is 2.05. The van der Waals surface area contributed by atoms with Crippen LogP contribution in [0.5, 0.6) is 0 Å². The van der Waals surface area contributed by atoms with E-state index in [1.807, 2.05) is 6.07 Å². The molecule has 0 radical (unpaired) electrons. The molecule has 23 heavy (non-hydrogen) atoms. The molecule has 0 saturated heterocycles. The molecule has 1 aromatic carbocycles. The number of aromatic nitrogens is 2. The summed E-state index contributed by atoms with van der Waals surface area (Å²) in [6.07, 6.45) is 4.66. The minimum atomic E-state index is -0.222. The number of rotatable bonds is 7. The van der Waals surface area contributed by atoms with Gasteiger partial charge in [-0.15, -0.1) is 0 Å². The first-order valence-electron chi connectivity index (χ1n) is 7.62. The number of anilines is 2. The summed E-state index contributed by atoms with van der Waals surface area (Å²) >= 11 is 0. The third-order valence-corrected chi connectivity index (χ3v) is 3.25. The number of nitriles is 1. The van der Waals surface area contributed by atoms with Gasteiger partial charge in [0.05, 0.1) is 11.3 Å². The summed E-state index contributed by atoms with van der Waals surface area (Å²) in [6, 6.07) is 10.7. The van der Waals surface area contributed by atoms with Gasteiger partial charge in [-0.25, -0.2) is 9.97 Å². The summed E-state index contributed by atoms with van der Waals surface area (Å²) in [5.74, 6) is 0.0639. The number of unbranched alkanes of at least 4 members (excludes halogenated alkanes) is 2. The van der Waals surface area contributed by atoms with Crippen molar-refractivity contribution in [2.24, 2.45) is 0 Å². The van der Waals surface area contributed by atoms with Crippen molar-refractivity contribution >= 4 is 17.5 Å². The van der Waals surface area contributed by atoms with Gasteiger partial charge in [-0.05, 0) is 24.6 Å². The molecule has 1 aromatic heterocycles. The predicted octanol–water partition coefficient (Wildman–Crippen LogP) is 3.01. The van der Waals surface area contributed by atoms with Gasteiger partial charge in [-0.3, -0.25) is 4.79 Å². The van der Waals surface area contributed by atoms with Crippen molar-refractivity contribution in [1.82, 2.24) is 15.3 Å². The SMILES string of the molecule is CCCCCNC(=O)c1ccnc(Nc2ccccc2C#N)n1. The lowest BCUT2D eigenvalue weighted by atomic mass is 10.2. The molecule has 0 spiro atoms. The third kappa shape index (κ3) is 4.78. The molecule has 0 saturated carbocycles. The largest absolute Gasteiger partial charge is 0.351 e. The fourth-order valence-corrected chi connectivity index (χ4v) is 2.02. The van der Waals surface area contributed by atoms with Gasteiger partial charge in [0.1, 0.15) is 11.8 Å². The van der Waals surface area contributed by atoms with Crippen LogP contribution in [0.4, 0.5) is 11.6 Å². The normalized spacial score (nSPS) is 9.91. The Morgan fingerprint density at radius 1 is 1.26 bits per heavy atom. The van der Waals surface area contributed by atoms with Crippen LogP contribution in [-0.4, -0.2) is 22.4 Å². The number of benzene rings is 1. The van der Waals surface area contributed by atoms with E-state index in [-0.39, 0.29) is 11.9 Å². The molecule has 0 unspecified atom stereocenters. The Hall–Kier alpha value is -2.94. The minimum Gasteiger partial charge on any atom is -0.351 e. The molecular formula is C17H19N5O. The van der Waals surface area contributed by atoms with Crippen molar-refractivity contribution in [3.63, 3.8) is 0 Å². The predicted molar refractivity (Wildman–Crippen MR) is 88.3 cm³/mol. The van der Waals surface area contributed by atoms with E-state index in [9.17, 15) is 4.79 Å². The summed E-state index contributed by atoms with van der Waals surface area (Å²) in [7, 11) is 0. The lowest BCUT2D eigenvalue weighted by Gasteiger charge is -2.08. The molecule has 118 valence electrons. The maximum Gasteiger partial charge on any atom is 0.270 e. The Kier molecular flexibility index (Phi) is 6.07. The first-order chi connectivity index (χ1) is 11.2. The van der Waals surface area contributed by atoms with Gasteiger partial charge >= 0.3 is 0 Å². The summed E-state index contributed by atoms with van der Waals surface area (Å²) in [5.41, 5.74) is 1.40. The van der Waals surface area contributed by atoms with E-state index < -0.39 is 0 Å². The van der Waals surface area contributed by atoms with Crippen molar-refractivity contribution in [1.29, 1.82) is 5.26 Å². The van der Waals surface area contributed by atoms with Crippen molar-refractivity contribution in [2.45, 2.75) is 26.2 Å². The molecule has 1 heterocycles. The van der Waals surface area contributed by atoms with Crippen molar-refractivity contribution in [3.05, 3.63) is 47.8 Å². The van der Waals surface area contributed by atoms with E-state index in [0.717, 1.165) is 19.3 Å². The topological polar surface area (TPSA) is 90.7 Å². The fourth-order valence-electron chi connectivity index (χ4n) is 2.02. The molecule has 1 amide bonds. The lowest BCUT2D eigenvalue weighted by molar-refractivity contribution is 0.0948. The highest BCUT2D eigenvalue weighted by molar-refractivity contribution is 5.92. The quantitative estimate of drug-likeness (QED) is 0.767. The molecule has 2 aromatic rings. The first-order valence-corrected chi connectivity index (χ1v) is 7.62. The summed E-state index contributed by atoms with van der Waals surface area (Å²) in [4.78, 5) is 20.3. The molecule has 0 atom stereocenters. The van der Waals surface area contributed by atoms with Gasteiger partial charge in [0, 0.05) is 12.7 Å². The van der Waals surface area contributed by atoms with Crippen LogP contribution in [0.15, 0.2) is 36.5 Å². The van der Waals surface area contributed by atoms with Crippen molar-refractivity contribution < 1.29 is 4.79 Å². The Morgan fingerprint density at radius 2 is 2.09 bits per heavy atom. The van der Waals surface area contributed by atoms with Crippen LogP contribution in [0.3, 0.4) is 0 Å². The highest BCUT2D eigenvalue weighted by atomic mass is 16.1. The standard InChI is InChI=1S/C17H19N5O/c1-2-3-6-10-19-16(23)15-9-11-20-17(22-15)21-14-8-5-4-7-13(14)12-18/h4-5,7-9,11H,2-3,6,10H2,1H3,(H,19,23)(H,20,21,22). The van der Waals surface area contributed by atoms with Crippen LogP contribution in [0, 0.1) is 11.3 Å². The number of nitrogens with zero attached hydrogens (tertiary/aromatic N) is 3. The van der Waals surface area contributed by atoms with E-state index in [0.29, 0.717) is 23.5 Å². The lowest BCUT2D eigenvalue weighted by Crippen LogP contribution is -2.25. The molecule has 6 heteroatoms. The van der Waals surface area contributed by atoms with E-state index in [4.69, 9.17) is 5.26 Å². The molecule has 0 aliphatic rings. The fraction of sp³-hybridized carbons (Fsp3) is 0.294. The second-order valence-electron chi connectivity index (χ2n) is 5.01. The summed E-state index contributed by atoms with van der Waals surface area (Å²) in [5, 5.41) is 14.9. The number of nitrogens with one attached hydrogen (secondary N) is 2. The number of hydrogen-bond acceptors (Lipinski definition) is 5. The third-order valence-electron chi connectivity index (χ3n) is 3.25. The number of carbonyl (C=O) groups is 1. The van der Waals surface area contributed by atoms with Gasteiger partial charge < -0.3 is 10.6 Å². The van der Waals surface area contributed by atoms with Gasteiger partial charge in [-0.2, -0.15) is 5.26 Å². The molecule has 0 fully saturated rings. The van der Waals surface area contributed by atoms with Crippen LogP contribution >= 0.6 is 0 Å². The van der Waals surface area contributed by atoms with E-state index in [1.165, 1.54) is 6.20 Å². The average Bonchev–Trinajstić information content (AvgIpc) is 2.59. The number of para-hydroxylation sites is 1. The first kappa shape index (κ1) is 16.4. The summed E-state index contributed by atoms with van der Waals surface area (Å²) in [6.45, 7) is 2.75. The molecule has 0 aliphatic carbocycles. The van der Waals surface area contributed by atoms with Gasteiger partial charge in [0.2, 0.25) is 5.95 Å². The van der Waals surface area contributed by atoms with Crippen LogP contribution in [0.1, 0.15) is 42.2 Å². The smallest absolute Gasteiger partial charge is 0.270 e. The Labute approximate surface area is 135 Å². The van der Waals surface area contributed by atoms with Crippen LogP contribution in [0.2, 0.25) is 0 Å². The monoisotopic (exact) mass is 309 g/mol. The van der Waals surface area contributed by atoms with Crippen LogP contribution < -0.4 is 10.6 Å². The van der Waals surface area contributed by atoms with Crippen LogP contribution in [0.25, 0.3) is 0 Å². The summed E-state index contributed by atoms with van der Waals surface area (Å²) < 4.78 is 0. The second-order valence-corrected chi connectivity index (χ2v) is 5.01. The highest BCUT2D eigenvalue weighted by Crippen LogP contribution is 2.17. The van der Waals surface area contributed by atoms with Gasteiger partial charge in [0.25, 0.3) is 5.91 Å². The second kappa shape index (κ2) is 8.49. The molecule has 2 N–H and O–H groups in total. The zero-order valence-electron chi connectivity index (χ0n) is 13.0. The van der Waals surface area contributed by atoms with E-state index in [1.54, 1.807) is 24.3 Å². The van der Waals surface area contributed by atoms with E-state index in [2.05, 4.69) is 33.6 Å². The van der Waals surface area contributed by atoms with Gasteiger partial charge in [-0.1, -0.05) is 31.9 Å². The number of carbonyl (C=O) groups excluding carboxylic acids is 1. The maximum absolute atomic E-state index is 12.1. The minimum absolute atomic E-state index is 0.222. The van der Waals surface area contributed by atoms with Crippen LogP contribution in [-0.2, 0) is 0 Å². The van der Waals surface area contributed by atoms with Crippen molar-refractivity contribution in [2.75, 3.05) is 11.9 Å². The molecule has 6 nitrogen and oxygen atoms in total. The molecule has 2 rings (SSSR count). The molecule has 0 aliphatic heterocycles. The number of hydrogen-bond donors (Lipinski definition) is 2. The zero-order valence-corrected chi connectivity index (χ0v) is 13.0. The zero-order chi connectivity index (χ0) is 16.5. The number of amides is 1. The Morgan fingerprint density at radius 3 is 2.87 bits per heavy atom. The van der Waals surface area contributed by atoms with Gasteiger partial charge in [0.15, 0.2) is 0 Å². The average molecular weight is 309 g/mol. The van der Waals surface area contributed by atoms with E-state index >= 15 is 0 Å². The molecule has 0 bridgehead atoms.